The predicted octanol–water partition coefficient (Wildman–Crippen LogP) is 4.27. The number of rotatable bonds is 4. The highest BCUT2D eigenvalue weighted by molar-refractivity contribution is 5.54. The Kier molecular flexibility index (Phi) is 4.47. The zero-order valence-electron chi connectivity index (χ0n) is 11.3. The van der Waals surface area contributed by atoms with Crippen LogP contribution in [-0.4, -0.2) is 13.1 Å². The first kappa shape index (κ1) is 12.5. The molecule has 1 nitrogen and oxygen atoms in total. The molecule has 0 spiro atoms. The Bertz CT molecular complexity index is 337. The molecule has 1 aliphatic rings. The van der Waals surface area contributed by atoms with Crippen LogP contribution in [0.1, 0.15) is 45.1 Å². The average molecular weight is 231 g/mol. The van der Waals surface area contributed by atoms with Crippen LogP contribution in [0.25, 0.3) is 0 Å². The van der Waals surface area contributed by atoms with Gasteiger partial charge >= 0.3 is 0 Å². The fourth-order valence-corrected chi connectivity index (χ4v) is 2.61. The molecule has 0 aliphatic carbocycles. The van der Waals surface area contributed by atoms with Crippen LogP contribution in [0, 0.1) is 5.92 Å². The van der Waals surface area contributed by atoms with Gasteiger partial charge in [-0.05, 0) is 49.7 Å². The molecule has 1 aliphatic heterocycles. The molecule has 1 saturated heterocycles. The molecule has 1 fully saturated rings. The summed E-state index contributed by atoms with van der Waals surface area (Å²) in [6.07, 6.45) is 6.65. The zero-order chi connectivity index (χ0) is 12.1. The highest BCUT2D eigenvalue weighted by Gasteiger charge is 2.13. The molecular weight excluding hydrogens is 206 g/mol. The summed E-state index contributed by atoms with van der Waals surface area (Å²) in [5.41, 5.74) is 3.04. The second kappa shape index (κ2) is 6.09. The maximum Gasteiger partial charge on any atom is 0.0398 e. The van der Waals surface area contributed by atoms with Gasteiger partial charge in [0.25, 0.3) is 0 Å². The van der Waals surface area contributed by atoms with Crippen LogP contribution in [0.2, 0.25) is 0 Å². The second-order valence-corrected chi connectivity index (χ2v) is 5.61. The second-order valence-electron chi connectivity index (χ2n) is 5.61. The van der Waals surface area contributed by atoms with E-state index in [1.54, 1.807) is 5.56 Å². The summed E-state index contributed by atoms with van der Waals surface area (Å²) >= 11 is 0. The van der Waals surface area contributed by atoms with Crippen molar-refractivity contribution >= 4 is 5.69 Å². The molecule has 17 heavy (non-hydrogen) atoms. The van der Waals surface area contributed by atoms with Crippen LogP contribution < -0.4 is 4.90 Å². The minimum absolute atomic E-state index is 0.796. The van der Waals surface area contributed by atoms with Crippen molar-refractivity contribution in [1.82, 2.24) is 0 Å². The van der Waals surface area contributed by atoms with E-state index in [0.29, 0.717) is 0 Å². The lowest BCUT2D eigenvalue weighted by Gasteiger charge is -2.30. The first-order chi connectivity index (χ1) is 8.27. The van der Waals surface area contributed by atoms with E-state index < -0.39 is 0 Å². The van der Waals surface area contributed by atoms with Crippen molar-refractivity contribution in [2.24, 2.45) is 5.92 Å². The Morgan fingerprint density at radius 1 is 1.06 bits per heavy atom. The van der Waals surface area contributed by atoms with E-state index in [-0.39, 0.29) is 0 Å². The molecule has 0 amide bonds. The maximum atomic E-state index is 2.58. The van der Waals surface area contributed by atoms with Gasteiger partial charge in [0.15, 0.2) is 0 Å². The highest BCUT2D eigenvalue weighted by Crippen LogP contribution is 2.25. The lowest BCUT2D eigenvalue weighted by molar-refractivity contribution is 0.567. The fourth-order valence-electron chi connectivity index (χ4n) is 2.61. The number of para-hydroxylation sites is 1. The number of benzene rings is 1. The molecular formula is C16H25N. The van der Waals surface area contributed by atoms with Crippen LogP contribution in [0.3, 0.4) is 0 Å². The minimum Gasteiger partial charge on any atom is -0.371 e. The van der Waals surface area contributed by atoms with Gasteiger partial charge in [-0.1, -0.05) is 32.0 Å². The Morgan fingerprint density at radius 2 is 1.76 bits per heavy atom. The van der Waals surface area contributed by atoms with Gasteiger partial charge < -0.3 is 4.90 Å². The van der Waals surface area contributed by atoms with E-state index in [1.807, 2.05) is 0 Å². The summed E-state index contributed by atoms with van der Waals surface area (Å²) in [7, 11) is 0. The largest absolute Gasteiger partial charge is 0.371 e. The SMILES string of the molecule is CC(C)CCc1ccccc1N1CCCCC1. The molecule has 1 aromatic carbocycles. The molecule has 0 atom stereocenters. The average Bonchev–Trinajstić information content (AvgIpc) is 2.38. The lowest BCUT2D eigenvalue weighted by atomic mass is 10.00. The van der Waals surface area contributed by atoms with Crippen molar-refractivity contribution in [1.29, 1.82) is 0 Å². The Hall–Kier alpha value is -0.980. The fraction of sp³-hybridized carbons (Fsp3) is 0.625. The molecule has 0 saturated carbocycles. The third-order valence-electron chi connectivity index (χ3n) is 3.68. The summed E-state index contributed by atoms with van der Waals surface area (Å²) in [4.78, 5) is 2.58. The van der Waals surface area contributed by atoms with E-state index in [1.165, 1.54) is 50.9 Å². The van der Waals surface area contributed by atoms with Gasteiger partial charge in [0.1, 0.15) is 0 Å². The first-order valence-corrected chi connectivity index (χ1v) is 7.10. The smallest absolute Gasteiger partial charge is 0.0398 e. The van der Waals surface area contributed by atoms with Crippen molar-refractivity contribution in [2.75, 3.05) is 18.0 Å². The predicted molar refractivity (Wildman–Crippen MR) is 75.7 cm³/mol. The Labute approximate surface area is 106 Å². The van der Waals surface area contributed by atoms with Crippen LogP contribution >= 0.6 is 0 Å². The van der Waals surface area contributed by atoms with Crippen LogP contribution in [0.5, 0.6) is 0 Å². The van der Waals surface area contributed by atoms with Crippen LogP contribution in [0.4, 0.5) is 5.69 Å². The molecule has 0 N–H and O–H groups in total. The van der Waals surface area contributed by atoms with E-state index in [0.717, 1.165) is 5.92 Å². The third-order valence-corrected chi connectivity index (χ3v) is 3.68. The van der Waals surface area contributed by atoms with Crippen molar-refractivity contribution in [3.05, 3.63) is 29.8 Å². The van der Waals surface area contributed by atoms with Crippen molar-refractivity contribution in [2.45, 2.75) is 46.0 Å². The highest BCUT2D eigenvalue weighted by atomic mass is 15.1. The van der Waals surface area contributed by atoms with Gasteiger partial charge in [-0.3, -0.25) is 0 Å². The third kappa shape index (κ3) is 3.49. The summed E-state index contributed by atoms with van der Waals surface area (Å²) < 4.78 is 0. The quantitative estimate of drug-likeness (QED) is 0.748. The number of anilines is 1. The number of piperidine rings is 1. The number of nitrogens with zero attached hydrogens (tertiary/aromatic N) is 1. The minimum atomic E-state index is 0.796. The summed E-state index contributed by atoms with van der Waals surface area (Å²) in [6.45, 7) is 7.12. The van der Waals surface area contributed by atoms with Gasteiger partial charge in [0.2, 0.25) is 0 Å². The molecule has 94 valence electrons. The monoisotopic (exact) mass is 231 g/mol. The molecule has 1 heterocycles. The van der Waals surface area contributed by atoms with Crippen molar-refractivity contribution < 1.29 is 0 Å². The van der Waals surface area contributed by atoms with Gasteiger partial charge in [-0.15, -0.1) is 0 Å². The van der Waals surface area contributed by atoms with Crippen molar-refractivity contribution in [3.63, 3.8) is 0 Å². The van der Waals surface area contributed by atoms with Crippen LogP contribution in [-0.2, 0) is 6.42 Å². The van der Waals surface area contributed by atoms with E-state index >= 15 is 0 Å². The maximum absolute atomic E-state index is 2.58. The molecule has 1 heteroatoms. The Balaban J connectivity index is 2.09. The lowest BCUT2D eigenvalue weighted by Crippen LogP contribution is -2.30. The number of hydrogen-bond acceptors (Lipinski definition) is 1. The topological polar surface area (TPSA) is 3.24 Å². The summed E-state index contributed by atoms with van der Waals surface area (Å²) in [6, 6.07) is 8.99. The molecule has 1 aromatic rings. The van der Waals surface area contributed by atoms with E-state index in [4.69, 9.17) is 0 Å². The van der Waals surface area contributed by atoms with Gasteiger partial charge in [0, 0.05) is 18.8 Å². The molecule has 2 rings (SSSR count). The summed E-state index contributed by atoms with van der Waals surface area (Å²) in [5.74, 6) is 0.796. The first-order valence-electron chi connectivity index (χ1n) is 7.10. The molecule has 0 unspecified atom stereocenters. The molecule has 0 aromatic heterocycles. The zero-order valence-corrected chi connectivity index (χ0v) is 11.3. The van der Waals surface area contributed by atoms with Gasteiger partial charge in [0.05, 0.1) is 0 Å². The van der Waals surface area contributed by atoms with E-state index in [2.05, 4.69) is 43.0 Å². The standard InChI is InChI=1S/C16H25N/c1-14(2)10-11-15-8-4-5-9-16(15)17-12-6-3-7-13-17/h4-5,8-9,14H,3,6-7,10-13H2,1-2H3. The van der Waals surface area contributed by atoms with Gasteiger partial charge in [-0.25, -0.2) is 0 Å². The molecule has 0 radical (unpaired) electrons. The number of aryl methyl sites for hydroxylation is 1. The Morgan fingerprint density at radius 3 is 2.47 bits per heavy atom. The summed E-state index contributed by atoms with van der Waals surface area (Å²) in [5, 5.41) is 0. The number of hydrogen-bond donors (Lipinski definition) is 0. The normalized spacial score (nSPS) is 16.5. The van der Waals surface area contributed by atoms with Crippen molar-refractivity contribution in [3.8, 4) is 0 Å². The van der Waals surface area contributed by atoms with Crippen LogP contribution in [0.15, 0.2) is 24.3 Å². The van der Waals surface area contributed by atoms with E-state index in [9.17, 15) is 0 Å². The molecule has 0 bridgehead atoms. The van der Waals surface area contributed by atoms with Gasteiger partial charge in [-0.2, -0.15) is 0 Å².